The van der Waals surface area contributed by atoms with E-state index >= 15 is 0 Å². The Morgan fingerprint density at radius 3 is 2.47 bits per heavy atom. The van der Waals surface area contributed by atoms with E-state index in [4.69, 9.17) is 4.42 Å². The Hall–Kier alpha value is -2.08. The van der Waals surface area contributed by atoms with E-state index in [1.54, 1.807) is 6.26 Å². The maximum absolute atomic E-state index is 12.1. The zero-order chi connectivity index (χ0) is 24.8. The average Bonchev–Trinajstić information content (AvgIpc) is 3.32. The first-order valence-corrected chi connectivity index (χ1v) is 12.7. The van der Waals surface area contributed by atoms with Crippen molar-refractivity contribution < 1.29 is 14.6 Å². The highest BCUT2D eigenvalue weighted by Gasteiger charge is 2.49. The minimum Gasteiger partial charge on any atom is -0.472 e. The van der Waals surface area contributed by atoms with Crippen molar-refractivity contribution in [3.8, 4) is 11.1 Å². The molecule has 1 aromatic heterocycles. The van der Waals surface area contributed by atoms with Gasteiger partial charge >= 0.3 is 0 Å². The van der Waals surface area contributed by atoms with Crippen LogP contribution in [0.25, 0.3) is 11.1 Å². The molecule has 0 amide bonds. The van der Waals surface area contributed by atoms with E-state index in [1.165, 1.54) is 33.5 Å². The van der Waals surface area contributed by atoms with Crippen LogP contribution in [-0.4, -0.2) is 61.6 Å². The molecule has 2 N–H and O–H groups in total. The number of nitrogens with zero attached hydrogens (tertiary/aromatic N) is 2. The van der Waals surface area contributed by atoms with Crippen molar-refractivity contribution in [2.75, 3.05) is 39.7 Å². The Labute approximate surface area is 205 Å². The lowest BCUT2D eigenvalue weighted by atomic mass is 9.59. The molecule has 0 unspecified atom stereocenters. The van der Waals surface area contributed by atoms with E-state index < -0.39 is 5.60 Å². The highest BCUT2D eigenvalue weighted by Crippen LogP contribution is 2.51. The normalized spacial score (nSPS) is 25.4. The second kappa shape index (κ2) is 9.52. The monoisotopic (exact) mass is 466 g/mol. The van der Waals surface area contributed by atoms with E-state index in [-0.39, 0.29) is 18.6 Å². The lowest BCUT2D eigenvalue weighted by molar-refractivity contribution is -0.0565. The number of benzene rings is 1. The Bertz CT molecular complexity index is 1050. The second-order valence-electron chi connectivity index (χ2n) is 10.9. The van der Waals surface area contributed by atoms with E-state index in [0.29, 0.717) is 5.92 Å². The number of fused-ring (bicyclic) bond motifs is 2. The summed E-state index contributed by atoms with van der Waals surface area (Å²) in [6.45, 7) is 6.59. The second-order valence-corrected chi connectivity index (χ2v) is 10.9. The summed E-state index contributed by atoms with van der Waals surface area (Å²) in [6.07, 6.45) is 7.97. The highest BCUT2D eigenvalue weighted by molar-refractivity contribution is 5.76. The summed E-state index contributed by atoms with van der Waals surface area (Å²) >= 11 is 0. The van der Waals surface area contributed by atoms with Gasteiger partial charge in [0.05, 0.1) is 24.7 Å². The summed E-state index contributed by atoms with van der Waals surface area (Å²) < 4.78 is 5.41. The highest BCUT2D eigenvalue weighted by atomic mass is 16.3. The van der Waals surface area contributed by atoms with Crippen LogP contribution >= 0.6 is 0 Å². The van der Waals surface area contributed by atoms with Crippen molar-refractivity contribution in [1.29, 1.82) is 0 Å². The van der Waals surface area contributed by atoms with E-state index in [2.05, 4.69) is 50.7 Å². The summed E-state index contributed by atoms with van der Waals surface area (Å²) in [5.41, 5.74) is 9.41. The maximum Gasteiger partial charge on any atom is 0.0981 e. The summed E-state index contributed by atoms with van der Waals surface area (Å²) in [7, 11) is 8.28. The molecule has 0 fully saturated rings. The fraction of sp³-hybridized carbons (Fsp3) is 0.586. The van der Waals surface area contributed by atoms with Gasteiger partial charge in [0, 0.05) is 37.3 Å². The fourth-order valence-electron chi connectivity index (χ4n) is 6.77. The molecule has 1 heterocycles. The summed E-state index contributed by atoms with van der Waals surface area (Å²) in [5.74, 6) is 0.401. The molecule has 4 atom stereocenters. The maximum atomic E-state index is 12.1. The van der Waals surface area contributed by atoms with Gasteiger partial charge in [-0.25, -0.2) is 0 Å². The molecule has 0 spiro atoms. The number of rotatable bonds is 7. The average molecular weight is 467 g/mol. The SMILES string of the molecule is CCC[C@@]1(O)C(C)=C2Cc3c(C)c(-c4ccoc4)cc(N(C)C)c3C[C@H]2C[C@H]1[C@@H](CO)N(C)C. The number of hydrogen-bond donors (Lipinski definition) is 2. The van der Waals surface area contributed by atoms with Gasteiger partial charge < -0.3 is 24.4 Å². The summed E-state index contributed by atoms with van der Waals surface area (Å²) in [6, 6.07) is 4.28. The first-order valence-electron chi connectivity index (χ1n) is 12.7. The zero-order valence-electron chi connectivity index (χ0n) is 22.0. The molecule has 34 heavy (non-hydrogen) atoms. The molecule has 0 radical (unpaired) electrons. The van der Waals surface area contributed by atoms with Crippen LogP contribution in [-0.2, 0) is 12.8 Å². The third-order valence-corrected chi connectivity index (χ3v) is 8.66. The van der Waals surface area contributed by atoms with Crippen molar-refractivity contribution in [2.45, 2.75) is 64.5 Å². The van der Waals surface area contributed by atoms with Crippen molar-refractivity contribution in [1.82, 2.24) is 4.90 Å². The number of aliphatic hydroxyl groups excluding tert-OH is 1. The molecule has 5 nitrogen and oxygen atoms in total. The van der Waals surface area contributed by atoms with Crippen LogP contribution < -0.4 is 4.90 Å². The van der Waals surface area contributed by atoms with Crippen molar-refractivity contribution >= 4 is 5.69 Å². The van der Waals surface area contributed by atoms with Gasteiger partial charge in [0.25, 0.3) is 0 Å². The molecule has 5 heteroatoms. The van der Waals surface area contributed by atoms with Crippen LogP contribution in [0.4, 0.5) is 5.69 Å². The minimum absolute atomic E-state index is 0.0110. The van der Waals surface area contributed by atoms with Gasteiger partial charge in [-0.05, 0) is 99.5 Å². The van der Waals surface area contributed by atoms with E-state index in [9.17, 15) is 10.2 Å². The predicted octanol–water partition coefficient (Wildman–Crippen LogP) is 4.83. The molecule has 2 aromatic rings. The zero-order valence-corrected chi connectivity index (χ0v) is 22.0. The topological polar surface area (TPSA) is 60.1 Å². The molecule has 4 rings (SSSR count). The van der Waals surface area contributed by atoms with Gasteiger partial charge in [-0.15, -0.1) is 0 Å². The summed E-state index contributed by atoms with van der Waals surface area (Å²) in [5, 5.41) is 22.4. The Balaban J connectivity index is 1.87. The molecule has 0 saturated heterocycles. The van der Waals surface area contributed by atoms with Crippen molar-refractivity contribution in [3.63, 3.8) is 0 Å². The number of aliphatic hydroxyl groups is 2. The smallest absolute Gasteiger partial charge is 0.0981 e. The molecule has 0 bridgehead atoms. The molecular weight excluding hydrogens is 424 g/mol. The number of anilines is 1. The molecule has 186 valence electrons. The van der Waals surface area contributed by atoms with Crippen LogP contribution in [0.5, 0.6) is 0 Å². The number of hydrogen-bond acceptors (Lipinski definition) is 5. The van der Waals surface area contributed by atoms with Crippen molar-refractivity contribution in [3.05, 3.63) is 52.5 Å². The Kier molecular flexibility index (Phi) is 7.01. The van der Waals surface area contributed by atoms with Gasteiger partial charge in [-0.1, -0.05) is 18.9 Å². The van der Waals surface area contributed by atoms with Gasteiger partial charge in [-0.3, -0.25) is 0 Å². The lowest BCUT2D eigenvalue weighted by Gasteiger charge is -2.51. The van der Waals surface area contributed by atoms with E-state index in [0.717, 1.165) is 43.2 Å². The van der Waals surface area contributed by atoms with Gasteiger partial charge in [0.2, 0.25) is 0 Å². The van der Waals surface area contributed by atoms with Gasteiger partial charge in [0.15, 0.2) is 0 Å². The lowest BCUT2D eigenvalue weighted by Crippen LogP contribution is -2.55. The number of likely N-dealkylation sites (N-methyl/N-ethyl adjacent to an activating group) is 1. The van der Waals surface area contributed by atoms with Gasteiger partial charge in [-0.2, -0.15) is 0 Å². The predicted molar refractivity (Wildman–Crippen MR) is 139 cm³/mol. The largest absolute Gasteiger partial charge is 0.472 e. The summed E-state index contributed by atoms with van der Waals surface area (Å²) in [4.78, 5) is 4.32. The van der Waals surface area contributed by atoms with Crippen molar-refractivity contribution in [2.24, 2.45) is 11.8 Å². The van der Waals surface area contributed by atoms with Crippen LogP contribution in [0.3, 0.4) is 0 Å². The number of furan rings is 1. The molecular formula is C29H42N2O3. The first-order chi connectivity index (χ1) is 16.1. The van der Waals surface area contributed by atoms with Gasteiger partial charge in [0.1, 0.15) is 0 Å². The number of allylic oxidation sites excluding steroid dienone is 1. The molecule has 0 saturated carbocycles. The quantitative estimate of drug-likeness (QED) is 0.573. The van der Waals surface area contributed by atoms with Crippen LogP contribution in [0.1, 0.15) is 49.8 Å². The van der Waals surface area contributed by atoms with Crippen LogP contribution in [0.15, 0.2) is 40.2 Å². The first kappa shape index (κ1) is 25.0. The van der Waals surface area contributed by atoms with Crippen LogP contribution in [0, 0.1) is 18.8 Å². The Morgan fingerprint density at radius 2 is 1.91 bits per heavy atom. The third kappa shape index (κ3) is 4.02. The third-order valence-electron chi connectivity index (χ3n) is 8.66. The fourth-order valence-corrected chi connectivity index (χ4v) is 6.77. The van der Waals surface area contributed by atoms with Crippen LogP contribution in [0.2, 0.25) is 0 Å². The molecule has 2 aliphatic carbocycles. The molecule has 1 aromatic carbocycles. The Morgan fingerprint density at radius 1 is 1.18 bits per heavy atom. The standard InChI is InChI=1S/C29H42N2O3/c1-8-10-29(33)19(3)24-14-23-18(2)22(20-9-11-34-17-20)15-27(30(4)5)25(23)12-21(24)13-26(29)28(16-32)31(6)7/h9,11,15,17,21,26,28,32-33H,8,10,12-14,16H2,1-7H3/t21-,26-,28+,29+/m0/s1. The molecule has 0 aliphatic heterocycles. The minimum atomic E-state index is -0.879. The van der Waals surface area contributed by atoms with E-state index in [1.807, 2.05) is 26.4 Å². The molecule has 2 aliphatic rings.